The molecule has 0 saturated carbocycles. The number of hydrogen-bond acceptors (Lipinski definition) is 3. The van der Waals surface area contributed by atoms with E-state index in [0.717, 1.165) is 18.5 Å². The molecule has 3 N–H and O–H groups in total. The Labute approximate surface area is 103 Å². The highest BCUT2D eigenvalue weighted by molar-refractivity contribution is 5.49. The Morgan fingerprint density at radius 2 is 2.06 bits per heavy atom. The summed E-state index contributed by atoms with van der Waals surface area (Å²) in [5, 5.41) is 9.40. The van der Waals surface area contributed by atoms with E-state index in [-0.39, 0.29) is 18.7 Å². The fraction of sp³-hybridized carbons (Fsp3) is 0.571. The Balaban J connectivity index is 2.15. The molecule has 17 heavy (non-hydrogen) atoms. The van der Waals surface area contributed by atoms with Crippen molar-refractivity contribution in [3.63, 3.8) is 0 Å². The number of hydrogen-bond donors (Lipinski definition) is 2. The summed E-state index contributed by atoms with van der Waals surface area (Å²) >= 11 is 0. The number of nitrogens with two attached hydrogens (primary N) is 1. The van der Waals surface area contributed by atoms with Gasteiger partial charge in [0.25, 0.3) is 0 Å². The Morgan fingerprint density at radius 1 is 1.35 bits per heavy atom. The monoisotopic (exact) mass is 234 g/mol. The van der Waals surface area contributed by atoms with Crippen molar-refractivity contribution >= 4 is 5.69 Å². The van der Waals surface area contributed by atoms with Crippen LogP contribution in [0.5, 0.6) is 0 Å². The number of aliphatic hydroxyl groups is 1. The summed E-state index contributed by atoms with van der Waals surface area (Å²) in [6.07, 6.45) is 3.52. The predicted molar refractivity (Wildman–Crippen MR) is 71.1 cm³/mol. The van der Waals surface area contributed by atoms with Crippen molar-refractivity contribution in [2.45, 2.75) is 38.3 Å². The molecular formula is C14H22N2O. The van der Waals surface area contributed by atoms with Crippen molar-refractivity contribution in [3.8, 4) is 0 Å². The Kier molecular flexibility index (Phi) is 4.02. The molecule has 1 aliphatic heterocycles. The first kappa shape index (κ1) is 12.4. The number of aliphatic hydroxyl groups excluding tert-OH is 1. The minimum absolute atomic E-state index is 0.0824. The van der Waals surface area contributed by atoms with Crippen LogP contribution in [0.4, 0.5) is 5.69 Å². The number of anilines is 1. The van der Waals surface area contributed by atoms with E-state index in [0.29, 0.717) is 0 Å². The van der Waals surface area contributed by atoms with Crippen molar-refractivity contribution < 1.29 is 5.11 Å². The molecule has 1 aromatic rings. The zero-order valence-corrected chi connectivity index (χ0v) is 10.5. The lowest BCUT2D eigenvalue weighted by atomic mass is 10.0. The number of rotatable bonds is 3. The van der Waals surface area contributed by atoms with Gasteiger partial charge in [-0.15, -0.1) is 0 Å². The summed E-state index contributed by atoms with van der Waals surface area (Å²) in [5.41, 5.74) is 8.20. The van der Waals surface area contributed by atoms with E-state index in [1.54, 1.807) is 0 Å². The molecule has 1 aromatic carbocycles. The van der Waals surface area contributed by atoms with Crippen LogP contribution < -0.4 is 10.6 Å². The topological polar surface area (TPSA) is 49.5 Å². The highest BCUT2D eigenvalue weighted by Crippen LogP contribution is 2.25. The van der Waals surface area contributed by atoms with Crippen molar-refractivity contribution in [3.05, 3.63) is 29.8 Å². The molecule has 0 spiro atoms. The zero-order valence-electron chi connectivity index (χ0n) is 10.5. The van der Waals surface area contributed by atoms with Gasteiger partial charge in [0, 0.05) is 18.3 Å². The van der Waals surface area contributed by atoms with Crippen molar-refractivity contribution in [2.24, 2.45) is 5.73 Å². The maximum absolute atomic E-state index is 9.40. The van der Waals surface area contributed by atoms with Gasteiger partial charge in [0.2, 0.25) is 0 Å². The first-order valence-electron chi connectivity index (χ1n) is 6.45. The lowest BCUT2D eigenvalue weighted by Gasteiger charge is -2.36. The highest BCUT2D eigenvalue weighted by Gasteiger charge is 2.21. The van der Waals surface area contributed by atoms with Crippen LogP contribution in [0.15, 0.2) is 24.3 Å². The van der Waals surface area contributed by atoms with Gasteiger partial charge in [-0.25, -0.2) is 0 Å². The van der Waals surface area contributed by atoms with E-state index in [1.165, 1.54) is 18.5 Å². The van der Waals surface area contributed by atoms with Crippen molar-refractivity contribution in [1.82, 2.24) is 0 Å². The van der Waals surface area contributed by atoms with Crippen LogP contribution in [-0.2, 0) is 0 Å². The summed E-state index contributed by atoms with van der Waals surface area (Å²) in [5.74, 6) is 0. The number of piperidine rings is 1. The Bertz CT molecular complexity index is 348. The molecule has 1 heterocycles. The van der Waals surface area contributed by atoms with Gasteiger partial charge in [-0.05, 0) is 43.9 Å². The predicted octanol–water partition coefficient (Wildman–Crippen LogP) is 2.06. The fourth-order valence-corrected chi connectivity index (χ4v) is 2.50. The maximum Gasteiger partial charge on any atom is 0.0635 e. The molecular weight excluding hydrogens is 212 g/mol. The molecule has 2 rings (SSSR count). The maximum atomic E-state index is 9.40. The fourth-order valence-electron chi connectivity index (χ4n) is 2.50. The molecule has 3 heteroatoms. The lowest BCUT2D eigenvalue weighted by molar-refractivity contribution is 0.240. The average Bonchev–Trinajstić information content (AvgIpc) is 2.39. The Hall–Kier alpha value is -1.06. The van der Waals surface area contributed by atoms with Crippen LogP contribution in [0.25, 0.3) is 0 Å². The van der Waals surface area contributed by atoms with Crippen LogP contribution in [-0.4, -0.2) is 24.3 Å². The molecule has 1 fully saturated rings. The van der Waals surface area contributed by atoms with Crippen molar-refractivity contribution in [2.75, 3.05) is 18.1 Å². The van der Waals surface area contributed by atoms with Crippen LogP contribution >= 0.6 is 0 Å². The molecule has 1 unspecified atom stereocenters. The van der Waals surface area contributed by atoms with Gasteiger partial charge in [-0.1, -0.05) is 12.1 Å². The van der Waals surface area contributed by atoms with E-state index in [2.05, 4.69) is 29.2 Å². The minimum Gasteiger partial charge on any atom is -0.394 e. The van der Waals surface area contributed by atoms with Gasteiger partial charge in [-0.3, -0.25) is 0 Å². The van der Waals surface area contributed by atoms with E-state index in [1.807, 2.05) is 6.92 Å². The Morgan fingerprint density at radius 3 is 2.65 bits per heavy atom. The molecule has 1 saturated heterocycles. The van der Waals surface area contributed by atoms with Crippen LogP contribution in [0.1, 0.15) is 37.8 Å². The molecule has 0 aliphatic carbocycles. The summed E-state index contributed by atoms with van der Waals surface area (Å²) in [4.78, 5) is 2.31. The first-order valence-corrected chi connectivity index (χ1v) is 6.45. The van der Waals surface area contributed by atoms with E-state index in [4.69, 9.17) is 5.73 Å². The average molecular weight is 234 g/mol. The number of benzene rings is 1. The second-order valence-electron chi connectivity index (χ2n) is 4.91. The summed E-state index contributed by atoms with van der Waals surface area (Å²) in [6.45, 7) is 3.28. The minimum atomic E-state index is 0.0824. The molecule has 2 atom stereocenters. The normalized spacial score (nSPS) is 22.5. The molecule has 1 aliphatic rings. The van der Waals surface area contributed by atoms with Crippen molar-refractivity contribution in [1.29, 1.82) is 0 Å². The molecule has 0 radical (unpaired) electrons. The molecule has 94 valence electrons. The van der Waals surface area contributed by atoms with E-state index < -0.39 is 0 Å². The molecule has 0 amide bonds. The lowest BCUT2D eigenvalue weighted by Crippen LogP contribution is -2.41. The smallest absolute Gasteiger partial charge is 0.0635 e. The summed E-state index contributed by atoms with van der Waals surface area (Å²) in [6, 6.07) is 8.77. The zero-order chi connectivity index (χ0) is 12.3. The van der Waals surface area contributed by atoms with Gasteiger partial charge in [-0.2, -0.15) is 0 Å². The SMILES string of the molecule is C[C@@H](N)c1ccc(N2CCCCC2CO)cc1. The van der Waals surface area contributed by atoms with Gasteiger partial charge < -0.3 is 15.7 Å². The molecule has 0 aromatic heterocycles. The third-order valence-electron chi connectivity index (χ3n) is 3.59. The second kappa shape index (κ2) is 5.52. The van der Waals surface area contributed by atoms with Crippen LogP contribution in [0.3, 0.4) is 0 Å². The second-order valence-corrected chi connectivity index (χ2v) is 4.91. The molecule has 0 bridgehead atoms. The summed E-state index contributed by atoms with van der Waals surface area (Å²) in [7, 11) is 0. The third-order valence-corrected chi connectivity index (χ3v) is 3.59. The van der Waals surface area contributed by atoms with E-state index in [9.17, 15) is 5.11 Å². The van der Waals surface area contributed by atoms with E-state index >= 15 is 0 Å². The largest absolute Gasteiger partial charge is 0.394 e. The summed E-state index contributed by atoms with van der Waals surface area (Å²) < 4.78 is 0. The van der Waals surface area contributed by atoms with Gasteiger partial charge in [0.05, 0.1) is 12.6 Å². The van der Waals surface area contributed by atoms with Gasteiger partial charge in [0.1, 0.15) is 0 Å². The van der Waals surface area contributed by atoms with Gasteiger partial charge in [0.15, 0.2) is 0 Å². The third kappa shape index (κ3) is 2.79. The molecule has 3 nitrogen and oxygen atoms in total. The van der Waals surface area contributed by atoms with Crippen LogP contribution in [0.2, 0.25) is 0 Å². The van der Waals surface area contributed by atoms with Crippen LogP contribution in [0, 0.1) is 0 Å². The quantitative estimate of drug-likeness (QED) is 0.841. The number of nitrogens with zero attached hydrogens (tertiary/aromatic N) is 1. The van der Waals surface area contributed by atoms with Gasteiger partial charge >= 0.3 is 0 Å². The highest BCUT2D eigenvalue weighted by atomic mass is 16.3. The first-order chi connectivity index (χ1) is 8.22. The standard InChI is InChI=1S/C14H22N2O/c1-11(15)12-5-7-13(8-6-12)16-9-3-2-4-14(16)10-17/h5-8,11,14,17H,2-4,9-10,15H2,1H3/t11-,14?/m1/s1.